The number of nitro groups is 1. The fraction of sp³-hybridized carbons (Fsp3) is 0.143. The lowest BCUT2D eigenvalue weighted by Gasteiger charge is -2.04. The van der Waals surface area contributed by atoms with Crippen molar-refractivity contribution in [3.63, 3.8) is 0 Å². The number of nitrogens with zero attached hydrogens (tertiary/aromatic N) is 1. The Morgan fingerprint density at radius 1 is 1.47 bits per heavy atom. The van der Waals surface area contributed by atoms with Gasteiger partial charge in [-0.25, -0.2) is 13.1 Å². The molecule has 0 heterocycles. The highest BCUT2D eigenvalue weighted by atomic mass is 32.2. The topological polar surface area (TPSA) is 115 Å². The van der Waals surface area contributed by atoms with Gasteiger partial charge in [0, 0.05) is 0 Å². The van der Waals surface area contributed by atoms with Gasteiger partial charge in [-0.3, -0.25) is 10.1 Å². The molecule has 1 aromatic rings. The Bertz CT molecular complexity index is 497. The maximum absolute atomic E-state index is 11.4. The van der Waals surface area contributed by atoms with E-state index in [2.05, 4.69) is 0 Å². The Balaban J connectivity index is 3.57. The minimum absolute atomic E-state index is 0.184. The molecule has 0 bridgehead atoms. The quantitative estimate of drug-likeness (QED) is 0.434. The van der Waals surface area contributed by atoms with Gasteiger partial charge in [-0.2, -0.15) is 0 Å². The first-order valence-electron chi connectivity index (χ1n) is 3.86. The van der Waals surface area contributed by atoms with Gasteiger partial charge in [0.2, 0.25) is 10.0 Å². The fourth-order valence-electron chi connectivity index (χ4n) is 1.06. The molecule has 1 rings (SSSR count). The van der Waals surface area contributed by atoms with Crippen molar-refractivity contribution < 1.29 is 13.3 Å². The Morgan fingerprint density at radius 3 is 2.53 bits per heavy atom. The molecule has 0 aliphatic carbocycles. The number of nitrogens with two attached hydrogens (primary N) is 1. The number of anilines is 1. The lowest BCUT2D eigenvalue weighted by atomic mass is 10.3. The molecule has 0 spiro atoms. The van der Waals surface area contributed by atoms with Gasteiger partial charge < -0.3 is 5.73 Å². The summed E-state index contributed by atoms with van der Waals surface area (Å²) in [6.07, 6.45) is 0. The van der Waals surface area contributed by atoms with Gasteiger partial charge in [0.15, 0.2) is 4.90 Å². The molecular weight excluding hydrogens is 222 g/mol. The highest BCUT2D eigenvalue weighted by Crippen LogP contribution is 2.29. The van der Waals surface area contributed by atoms with Gasteiger partial charge in [0.05, 0.1) is 4.92 Å². The molecule has 0 amide bonds. The lowest BCUT2D eigenvalue weighted by molar-refractivity contribution is -0.386. The molecule has 0 unspecified atom stereocenters. The number of para-hydroxylation sites is 1. The molecule has 0 aromatic heterocycles. The van der Waals surface area contributed by atoms with Gasteiger partial charge >= 0.3 is 5.69 Å². The van der Waals surface area contributed by atoms with Crippen LogP contribution in [0.1, 0.15) is 0 Å². The van der Waals surface area contributed by atoms with E-state index < -0.39 is 25.5 Å². The first-order chi connectivity index (χ1) is 6.90. The van der Waals surface area contributed by atoms with E-state index in [-0.39, 0.29) is 5.69 Å². The molecule has 3 N–H and O–H groups in total. The van der Waals surface area contributed by atoms with E-state index >= 15 is 0 Å². The van der Waals surface area contributed by atoms with Crippen molar-refractivity contribution in [3.8, 4) is 0 Å². The second-order valence-electron chi connectivity index (χ2n) is 2.66. The van der Waals surface area contributed by atoms with Crippen LogP contribution in [0.15, 0.2) is 23.1 Å². The van der Waals surface area contributed by atoms with Crippen molar-refractivity contribution in [2.75, 3.05) is 12.8 Å². The third kappa shape index (κ3) is 2.05. The second kappa shape index (κ2) is 3.83. The summed E-state index contributed by atoms with van der Waals surface area (Å²) in [6.45, 7) is 0. The Kier molecular flexibility index (Phi) is 2.91. The van der Waals surface area contributed by atoms with Crippen LogP contribution in [0, 0.1) is 10.1 Å². The number of sulfonamides is 1. The summed E-state index contributed by atoms with van der Waals surface area (Å²) in [5, 5.41) is 10.6. The van der Waals surface area contributed by atoms with E-state index in [4.69, 9.17) is 5.73 Å². The summed E-state index contributed by atoms with van der Waals surface area (Å²) in [7, 11) is -2.70. The smallest absolute Gasteiger partial charge is 0.312 e. The van der Waals surface area contributed by atoms with E-state index in [1.807, 2.05) is 4.72 Å². The highest BCUT2D eigenvalue weighted by Gasteiger charge is 2.26. The Morgan fingerprint density at radius 2 is 2.07 bits per heavy atom. The zero-order chi connectivity index (χ0) is 11.6. The standard InChI is InChI=1S/C7H9N3O4S/c1-9-15(13,14)6-4-2-3-5(8)7(6)10(11)12/h2-4,9H,8H2,1H3. The van der Waals surface area contributed by atoms with Crippen LogP contribution in [0.25, 0.3) is 0 Å². The number of nitrogen functional groups attached to an aromatic ring is 1. The first-order valence-corrected chi connectivity index (χ1v) is 5.35. The molecular formula is C7H9N3O4S. The number of benzene rings is 1. The van der Waals surface area contributed by atoms with Crippen molar-refractivity contribution in [1.82, 2.24) is 4.72 Å². The van der Waals surface area contributed by atoms with Gasteiger partial charge in [-0.15, -0.1) is 0 Å². The van der Waals surface area contributed by atoms with Crippen LogP contribution in [-0.2, 0) is 10.0 Å². The molecule has 15 heavy (non-hydrogen) atoms. The SMILES string of the molecule is CNS(=O)(=O)c1cccc(N)c1[N+](=O)[O-]. The maximum Gasteiger partial charge on any atom is 0.312 e. The average Bonchev–Trinajstić information content (AvgIpc) is 2.16. The van der Waals surface area contributed by atoms with E-state index in [0.29, 0.717) is 0 Å². The zero-order valence-electron chi connectivity index (χ0n) is 7.80. The third-order valence-corrected chi connectivity index (χ3v) is 3.22. The maximum atomic E-state index is 11.4. The van der Waals surface area contributed by atoms with E-state index in [0.717, 1.165) is 6.07 Å². The minimum atomic E-state index is -3.87. The van der Waals surface area contributed by atoms with Gasteiger partial charge in [0.25, 0.3) is 0 Å². The van der Waals surface area contributed by atoms with Crippen LogP contribution in [0.4, 0.5) is 11.4 Å². The van der Waals surface area contributed by atoms with Gasteiger partial charge in [-0.05, 0) is 19.2 Å². The molecule has 0 radical (unpaired) electrons. The fourth-order valence-corrected chi connectivity index (χ4v) is 1.99. The molecule has 0 atom stereocenters. The first kappa shape index (κ1) is 11.4. The van der Waals surface area contributed by atoms with Gasteiger partial charge in [0.1, 0.15) is 5.69 Å². The number of nitro benzene ring substituents is 1. The van der Waals surface area contributed by atoms with E-state index in [1.165, 1.54) is 19.2 Å². The van der Waals surface area contributed by atoms with Gasteiger partial charge in [-0.1, -0.05) is 6.07 Å². The minimum Gasteiger partial charge on any atom is -0.393 e. The third-order valence-electron chi connectivity index (χ3n) is 1.77. The molecule has 0 saturated heterocycles. The summed E-state index contributed by atoms with van der Waals surface area (Å²) in [5.41, 5.74) is 4.55. The van der Waals surface area contributed by atoms with Crippen LogP contribution in [0.5, 0.6) is 0 Å². The summed E-state index contributed by atoms with van der Waals surface area (Å²) >= 11 is 0. The van der Waals surface area contributed by atoms with Crippen LogP contribution in [0.3, 0.4) is 0 Å². The van der Waals surface area contributed by atoms with E-state index in [1.54, 1.807) is 0 Å². The summed E-state index contributed by atoms with van der Waals surface area (Å²) in [5.74, 6) is 0. The van der Waals surface area contributed by atoms with Crippen molar-refractivity contribution >= 4 is 21.4 Å². The summed E-state index contributed by atoms with van der Waals surface area (Å²) in [4.78, 5) is 9.38. The number of nitrogens with one attached hydrogen (secondary N) is 1. The summed E-state index contributed by atoms with van der Waals surface area (Å²) < 4.78 is 24.8. The Hall–Kier alpha value is -1.67. The predicted molar refractivity (Wildman–Crippen MR) is 53.8 cm³/mol. The van der Waals surface area contributed by atoms with Crippen LogP contribution >= 0.6 is 0 Å². The normalized spacial score (nSPS) is 11.3. The lowest BCUT2D eigenvalue weighted by Crippen LogP contribution is -2.20. The number of rotatable bonds is 3. The number of hydrogen-bond acceptors (Lipinski definition) is 5. The average molecular weight is 231 g/mol. The molecule has 0 saturated carbocycles. The van der Waals surface area contributed by atoms with Crippen LogP contribution < -0.4 is 10.5 Å². The van der Waals surface area contributed by atoms with Crippen molar-refractivity contribution in [3.05, 3.63) is 28.3 Å². The second-order valence-corrected chi connectivity index (χ2v) is 4.51. The summed E-state index contributed by atoms with van der Waals surface area (Å²) in [6, 6.07) is 3.74. The zero-order valence-corrected chi connectivity index (χ0v) is 8.61. The number of hydrogen-bond donors (Lipinski definition) is 2. The van der Waals surface area contributed by atoms with Crippen molar-refractivity contribution in [1.29, 1.82) is 0 Å². The van der Waals surface area contributed by atoms with E-state index in [9.17, 15) is 18.5 Å². The molecule has 0 fully saturated rings. The molecule has 1 aromatic carbocycles. The molecule has 0 aliphatic heterocycles. The largest absolute Gasteiger partial charge is 0.393 e. The highest BCUT2D eigenvalue weighted by molar-refractivity contribution is 7.89. The van der Waals surface area contributed by atoms with Crippen molar-refractivity contribution in [2.45, 2.75) is 4.90 Å². The van der Waals surface area contributed by atoms with Crippen LogP contribution in [-0.4, -0.2) is 20.4 Å². The monoisotopic (exact) mass is 231 g/mol. The predicted octanol–water partition coefficient (Wildman–Crippen LogP) is 0.0851. The van der Waals surface area contributed by atoms with Crippen LogP contribution in [0.2, 0.25) is 0 Å². The molecule has 0 aliphatic rings. The van der Waals surface area contributed by atoms with Crippen molar-refractivity contribution in [2.24, 2.45) is 0 Å². The Labute approximate surface area is 86.1 Å². The molecule has 82 valence electrons. The molecule has 7 nitrogen and oxygen atoms in total. The molecule has 8 heteroatoms.